The molecule has 1 aliphatic rings. The minimum atomic E-state index is 0.0455. The van der Waals surface area contributed by atoms with Crippen LogP contribution in [0.1, 0.15) is 24.0 Å². The quantitative estimate of drug-likeness (QED) is 0.572. The summed E-state index contributed by atoms with van der Waals surface area (Å²) < 4.78 is 10.7. The van der Waals surface area contributed by atoms with Gasteiger partial charge in [0, 0.05) is 19.6 Å². The lowest BCUT2D eigenvalue weighted by atomic mass is 9.96. The van der Waals surface area contributed by atoms with E-state index in [0.717, 1.165) is 44.5 Å². The molecule has 168 valence electrons. The molecule has 0 aromatic heterocycles. The van der Waals surface area contributed by atoms with Crippen molar-refractivity contribution in [3.8, 4) is 11.5 Å². The van der Waals surface area contributed by atoms with Crippen LogP contribution in [0.3, 0.4) is 0 Å². The number of nitrogens with one attached hydrogen (secondary N) is 1. The Balaban J connectivity index is 1.31. The molecule has 1 atom stereocenters. The van der Waals surface area contributed by atoms with Crippen molar-refractivity contribution in [1.29, 1.82) is 0 Å². The molecule has 1 saturated heterocycles. The number of carbonyl (C=O) groups is 1. The SMILES string of the molecule is COc1ccc(CCNC(=O)C2CCCN(Cc3cccc4ccccc34)C2)cc1OC. The van der Waals surface area contributed by atoms with Gasteiger partial charge >= 0.3 is 0 Å². The van der Waals surface area contributed by atoms with Crippen LogP contribution in [0.15, 0.2) is 60.7 Å². The maximum Gasteiger partial charge on any atom is 0.224 e. The first-order chi connectivity index (χ1) is 15.7. The minimum absolute atomic E-state index is 0.0455. The van der Waals surface area contributed by atoms with Crippen LogP contribution in [-0.4, -0.2) is 44.7 Å². The molecule has 32 heavy (non-hydrogen) atoms. The highest BCUT2D eigenvalue weighted by molar-refractivity contribution is 5.85. The van der Waals surface area contributed by atoms with Crippen LogP contribution in [0.25, 0.3) is 10.8 Å². The molecule has 0 bridgehead atoms. The summed E-state index contributed by atoms with van der Waals surface area (Å²) in [4.78, 5) is 15.3. The molecule has 0 aliphatic carbocycles. The Morgan fingerprint density at radius 1 is 1.03 bits per heavy atom. The molecule has 1 N–H and O–H groups in total. The van der Waals surface area contributed by atoms with Gasteiger partial charge in [0.1, 0.15) is 0 Å². The minimum Gasteiger partial charge on any atom is -0.493 e. The number of hydrogen-bond acceptors (Lipinski definition) is 4. The first kappa shape index (κ1) is 22.2. The number of methoxy groups -OCH3 is 2. The second-order valence-electron chi connectivity index (χ2n) is 8.44. The molecule has 1 fully saturated rings. The Morgan fingerprint density at radius 3 is 2.69 bits per heavy atom. The predicted octanol–water partition coefficient (Wildman–Crippen LogP) is 4.43. The average molecular weight is 433 g/mol. The summed E-state index contributed by atoms with van der Waals surface area (Å²) >= 11 is 0. The summed E-state index contributed by atoms with van der Waals surface area (Å²) in [5.74, 6) is 1.64. The van der Waals surface area contributed by atoms with Gasteiger partial charge in [0.05, 0.1) is 20.1 Å². The van der Waals surface area contributed by atoms with E-state index in [1.54, 1.807) is 14.2 Å². The molecular formula is C27H32N2O3. The van der Waals surface area contributed by atoms with E-state index >= 15 is 0 Å². The first-order valence-electron chi connectivity index (χ1n) is 11.4. The molecule has 5 heteroatoms. The fourth-order valence-corrected chi connectivity index (χ4v) is 4.59. The number of piperidine rings is 1. The number of hydrogen-bond donors (Lipinski definition) is 1. The van der Waals surface area contributed by atoms with Gasteiger partial charge in [0.2, 0.25) is 5.91 Å². The molecular weight excluding hydrogens is 400 g/mol. The molecule has 3 aromatic rings. The highest BCUT2D eigenvalue weighted by atomic mass is 16.5. The van der Waals surface area contributed by atoms with Crippen molar-refractivity contribution in [1.82, 2.24) is 10.2 Å². The van der Waals surface area contributed by atoms with Gasteiger partial charge in [-0.1, -0.05) is 48.5 Å². The largest absolute Gasteiger partial charge is 0.493 e. The third-order valence-electron chi connectivity index (χ3n) is 6.31. The lowest BCUT2D eigenvalue weighted by Gasteiger charge is -2.32. The maximum absolute atomic E-state index is 12.8. The molecule has 1 unspecified atom stereocenters. The van der Waals surface area contributed by atoms with Crippen molar-refractivity contribution in [3.63, 3.8) is 0 Å². The predicted molar refractivity (Wildman–Crippen MR) is 128 cm³/mol. The van der Waals surface area contributed by atoms with Gasteiger partial charge < -0.3 is 14.8 Å². The van der Waals surface area contributed by atoms with Gasteiger partial charge in [-0.05, 0) is 59.8 Å². The molecule has 5 nitrogen and oxygen atoms in total. The van der Waals surface area contributed by atoms with E-state index in [2.05, 4.69) is 52.7 Å². The fourth-order valence-electron chi connectivity index (χ4n) is 4.59. The smallest absolute Gasteiger partial charge is 0.224 e. The number of nitrogens with zero attached hydrogens (tertiary/aromatic N) is 1. The van der Waals surface area contributed by atoms with Crippen LogP contribution in [0.5, 0.6) is 11.5 Å². The summed E-state index contributed by atoms with van der Waals surface area (Å²) in [5, 5.41) is 5.72. The van der Waals surface area contributed by atoms with Gasteiger partial charge in [-0.15, -0.1) is 0 Å². The summed E-state index contributed by atoms with van der Waals surface area (Å²) in [6.07, 6.45) is 2.77. The average Bonchev–Trinajstić information content (AvgIpc) is 2.84. The van der Waals surface area contributed by atoms with Crippen LogP contribution in [0.4, 0.5) is 0 Å². The molecule has 4 rings (SSSR count). The van der Waals surface area contributed by atoms with Gasteiger partial charge in [-0.2, -0.15) is 0 Å². The van der Waals surface area contributed by atoms with Crippen molar-refractivity contribution in [2.24, 2.45) is 5.92 Å². The lowest BCUT2D eigenvalue weighted by molar-refractivity contribution is -0.126. The number of fused-ring (bicyclic) bond motifs is 1. The molecule has 3 aromatic carbocycles. The number of ether oxygens (including phenoxy) is 2. The molecule has 1 heterocycles. The fraction of sp³-hybridized carbons (Fsp3) is 0.370. The van der Waals surface area contributed by atoms with E-state index in [4.69, 9.17) is 9.47 Å². The summed E-state index contributed by atoms with van der Waals surface area (Å²) in [6, 6.07) is 20.9. The third kappa shape index (κ3) is 5.22. The zero-order valence-electron chi connectivity index (χ0n) is 19.0. The Kier molecular flexibility index (Phi) is 7.28. The van der Waals surface area contributed by atoms with Gasteiger partial charge in [0.15, 0.2) is 11.5 Å². The van der Waals surface area contributed by atoms with Crippen molar-refractivity contribution >= 4 is 16.7 Å². The molecule has 0 radical (unpaired) electrons. The first-order valence-corrected chi connectivity index (χ1v) is 11.4. The summed E-state index contributed by atoms with van der Waals surface area (Å²) in [5.41, 5.74) is 2.45. The van der Waals surface area contributed by atoms with Crippen molar-refractivity contribution in [2.75, 3.05) is 33.9 Å². The van der Waals surface area contributed by atoms with E-state index in [-0.39, 0.29) is 11.8 Å². The van der Waals surface area contributed by atoms with Crippen molar-refractivity contribution < 1.29 is 14.3 Å². The highest BCUT2D eigenvalue weighted by Crippen LogP contribution is 2.28. The normalized spacial score (nSPS) is 16.6. The number of benzene rings is 3. The summed E-state index contributed by atoms with van der Waals surface area (Å²) in [6.45, 7) is 3.36. The zero-order chi connectivity index (χ0) is 22.3. The number of carbonyl (C=O) groups excluding carboxylic acids is 1. The van der Waals surface area contributed by atoms with E-state index in [1.807, 2.05) is 18.2 Å². The maximum atomic E-state index is 12.8. The Bertz CT molecular complexity index is 1060. The van der Waals surface area contributed by atoms with E-state index in [9.17, 15) is 4.79 Å². The van der Waals surface area contributed by atoms with Gasteiger partial charge in [0.25, 0.3) is 0 Å². The Hall–Kier alpha value is -3.05. The van der Waals surface area contributed by atoms with Gasteiger partial charge in [-0.25, -0.2) is 0 Å². The van der Waals surface area contributed by atoms with E-state index in [1.165, 1.54) is 16.3 Å². The Morgan fingerprint density at radius 2 is 1.84 bits per heavy atom. The van der Waals surface area contributed by atoms with Crippen LogP contribution in [-0.2, 0) is 17.8 Å². The monoisotopic (exact) mass is 432 g/mol. The Labute approximate surface area is 190 Å². The topological polar surface area (TPSA) is 50.8 Å². The van der Waals surface area contributed by atoms with E-state index in [0.29, 0.717) is 18.0 Å². The molecule has 1 amide bonds. The van der Waals surface area contributed by atoms with E-state index < -0.39 is 0 Å². The molecule has 0 spiro atoms. The number of rotatable bonds is 8. The second-order valence-corrected chi connectivity index (χ2v) is 8.44. The van der Waals surface area contributed by atoms with Crippen LogP contribution < -0.4 is 14.8 Å². The zero-order valence-corrected chi connectivity index (χ0v) is 19.0. The van der Waals surface area contributed by atoms with Crippen molar-refractivity contribution in [3.05, 3.63) is 71.8 Å². The standard InChI is InChI=1S/C27H32N2O3/c1-31-25-13-12-20(17-26(25)32-2)14-15-28-27(30)23-10-6-16-29(19-23)18-22-9-5-8-21-7-3-4-11-24(21)22/h3-5,7-9,11-13,17,23H,6,10,14-16,18-19H2,1-2H3,(H,28,30). The number of likely N-dealkylation sites (tertiary alicyclic amines) is 1. The second kappa shape index (κ2) is 10.5. The lowest BCUT2D eigenvalue weighted by Crippen LogP contribution is -2.43. The molecule has 0 saturated carbocycles. The van der Waals surface area contributed by atoms with Crippen molar-refractivity contribution in [2.45, 2.75) is 25.8 Å². The van der Waals surface area contributed by atoms with Crippen LogP contribution in [0.2, 0.25) is 0 Å². The molecule has 1 aliphatic heterocycles. The third-order valence-corrected chi connectivity index (χ3v) is 6.31. The summed E-state index contributed by atoms with van der Waals surface area (Å²) in [7, 11) is 3.27. The van der Waals surface area contributed by atoms with Gasteiger partial charge in [-0.3, -0.25) is 9.69 Å². The van der Waals surface area contributed by atoms with Crippen LogP contribution >= 0.6 is 0 Å². The number of amides is 1. The van der Waals surface area contributed by atoms with Crippen LogP contribution in [0, 0.1) is 5.92 Å². The highest BCUT2D eigenvalue weighted by Gasteiger charge is 2.25.